The van der Waals surface area contributed by atoms with Crippen LogP contribution in [-0.4, -0.2) is 28.6 Å². The van der Waals surface area contributed by atoms with Crippen LogP contribution in [0.4, 0.5) is 0 Å². The summed E-state index contributed by atoms with van der Waals surface area (Å²) in [6.07, 6.45) is 8.49. The Hall–Kier alpha value is -0.940. The third-order valence-corrected chi connectivity index (χ3v) is 4.61. The Balaban J connectivity index is 1.87. The molecule has 1 aromatic rings. The molecular weight excluding hydrogens is 250 g/mol. The number of carbonyl (C=O) groups is 1. The third kappa shape index (κ3) is 3.29. The van der Waals surface area contributed by atoms with Gasteiger partial charge in [0.2, 0.25) is 0 Å². The number of hydrogen-bond donors (Lipinski definition) is 2. The molecule has 4 nitrogen and oxygen atoms in total. The molecule has 1 fully saturated rings. The van der Waals surface area contributed by atoms with Gasteiger partial charge < -0.3 is 14.8 Å². The molecule has 5 heteroatoms. The first-order valence-electron chi connectivity index (χ1n) is 6.27. The average Bonchev–Trinajstić information content (AvgIpc) is 2.85. The molecule has 2 unspecified atom stereocenters. The third-order valence-electron chi connectivity index (χ3n) is 3.44. The number of aromatic carboxylic acids is 1. The van der Waals surface area contributed by atoms with E-state index in [1.807, 2.05) is 11.8 Å². The predicted molar refractivity (Wildman–Crippen MR) is 72.1 cm³/mol. The van der Waals surface area contributed by atoms with Crippen molar-refractivity contribution in [2.45, 2.75) is 43.5 Å². The summed E-state index contributed by atoms with van der Waals surface area (Å²) in [7, 11) is 0. The van der Waals surface area contributed by atoms with Crippen molar-refractivity contribution in [3.8, 4) is 0 Å². The molecule has 1 aliphatic rings. The van der Waals surface area contributed by atoms with Crippen molar-refractivity contribution in [1.82, 2.24) is 5.32 Å². The minimum Gasteiger partial charge on any atom is -0.478 e. The summed E-state index contributed by atoms with van der Waals surface area (Å²) in [6, 6.07) is 2.10. The van der Waals surface area contributed by atoms with Gasteiger partial charge in [0.1, 0.15) is 12.0 Å². The van der Waals surface area contributed by atoms with Crippen molar-refractivity contribution in [2.75, 3.05) is 6.26 Å². The van der Waals surface area contributed by atoms with Gasteiger partial charge in [-0.25, -0.2) is 4.79 Å². The first-order chi connectivity index (χ1) is 8.70. The molecule has 1 heterocycles. The van der Waals surface area contributed by atoms with E-state index in [-0.39, 0.29) is 5.56 Å². The minimum absolute atomic E-state index is 0.219. The van der Waals surface area contributed by atoms with Gasteiger partial charge in [-0.15, -0.1) is 0 Å². The Morgan fingerprint density at radius 2 is 2.33 bits per heavy atom. The molecule has 2 atom stereocenters. The molecule has 0 aromatic carbocycles. The zero-order chi connectivity index (χ0) is 13.0. The van der Waals surface area contributed by atoms with Gasteiger partial charge in [0.05, 0.1) is 12.1 Å². The smallest absolute Gasteiger partial charge is 0.338 e. The zero-order valence-electron chi connectivity index (χ0n) is 10.5. The predicted octanol–water partition coefficient (Wildman–Crippen LogP) is 2.74. The molecule has 1 aliphatic carbocycles. The molecule has 18 heavy (non-hydrogen) atoms. The van der Waals surface area contributed by atoms with E-state index in [0.29, 0.717) is 23.6 Å². The van der Waals surface area contributed by atoms with Crippen LogP contribution in [0.2, 0.25) is 0 Å². The Morgan fingerprint density at radius 3 is 3.00 bits per heavy atom. The van der Waals surface area contributed by atoms with Gasteiger partial charge in [-0.2, -0.15) is 11.8 Å². The first kappa shape index (κ1) is 13.5. The van der Waals surface area contributed by atoms with Gasteiger partial charge in [0, 0.05) is 11.3 Å². The van der Waals surface area contributed by atoms with Crippen molar-refractivity contribution in [3.63, 3.8) is 0 Å². The topological polar surface area (TPSA) is 62.5 Å². The highest BCUT2D eigenvalue weighted by Crippen LogP contribution is 2.27. The van der Waals surface area contributed by atoms with Gasteiger partial charge in [0.25, 0.3) is 0 Å². The fraction of sp³-hybridized carbons (Fsp3) is 0.615. The maximum atomic E-state index is 10.7. The highest BCUT2D eigenvalue weighted by atomic mass is 32.2. The molecule has 1 saturated carbocycles. The largest absolute Gasteiger partial charge is 0.478 e. The fourth-order valence-electron chi connectivity index (χ4n) is 2.43. The Kier molecular flexibility index (Phi) is 4.72. The Labute approximate surface area is 111 Å². The standard InChI is InChI=1S/C13H19NO3S/c1-18-12-5-3-2-4-11(12)14-7-10-6-9(8-17-10)13(15)16/h6,8,11-12,14H,2-5,7H2,1H3,(H,15,16). The van der Waals surface area contributed by atoms with Crippen LogP contribution in [-0.2, 0) is 6.54 Å². The van der Waals surface area contributed by atoms with Crippen molar-refractivity contribution < 1.29 is 14.3 Å². The van der Waals surface area contributed by atoms with Gasteiger partial charge in [-0.1, -0.05) is 12.8 Å². The van der Waals surface area contributed by atoms with Gasteiger partial charge in [0.15, 0.2) is 0 Å². The van der Waals surface area contributed by atoms with Crippen molar-refractivity contribution in [2.24, 2.45) is 0 Å². The van der Waals surface area contributed by atoms with E-state index in [0.717, 1.165) is 0 Å². The minimum atomic E-state index is -0.940. The van der Waals surface area contributed by atoms with Crippen molar-refractivity contribution in [3.05, 3.63) is 23.7 Å². The maximum Gasteiger partial charge on any atom is 0.338 e. The SMILES string of the molecule is CSC1CCCCC1NCc1cc(C(=O)O)co1. The maximum absolute atomic E-state index is 10.7. The number of rotatable bonds is 5. The number of thioether (sulfide) groups is 1. The van der Waals surface area contributed by atoms with E-state index >= 15 is 0 Å². The van der Waals surface area contributed by atoms with Crippen LogP contribution >= 0.6 is 11.8 Å². The summed E-state index contributed by atoms with van der Waals surface area (Å²) in [5, 5.41) is 13.0. The summed E-state index contributed by atoms with van der Waals surface area (Å²) in [6.45, 7) is 0.606. The second kappa shape index (κ2) is 6.29. The van der Waals surface area contributed by atoms with Crippen molar-refractivity contribution in [1.29, 1.82) is 0 Å². The highest BCUT2D eigenvalue weighted by molar-refractivity contribution is 7.99. The number of nitrogens with one attached hydrogen (secondary N) is 1. The zero-order valence-corrected chi connectivity index (χ0v) is 11.3. The first-order valence-corrected chi connectivity index (χ1v) is 7.56. The summed E-state index contributed by atoms with van der Waals surface area (Å²) in [5.41, 5.74) is 0.219. The molecule has 0 spiro atoms. The molecule has 2 rings (SSSR count). The van der Waals surface area contributed by atoms with Crippen LogP contribution in [0.5, 0.6) is 0 Å². The lowest BCUT2D eigenvalue weighted by Gasteiger charge is -2.30. The number of hydrogen-bond acceptors (Lipinski definition) is 4. The highest BCUT2D eigenvalue weighted by Gasteiger charge is 2.24. The van der Waals surface area contributed by atoms with E-state index < -0.39 is 5.97 Å². The van der Waals surface area contributed by atoms with E-state index in [1.165, 1.54) is 31.9 Å². The van der Waals surface area contributed by atoms with E-state index in [2.05, 4.69) is 11.6 Å². The summed E-state index contributed by atoms with van der Waals surface area (Å²) in [5.74, 6) is -0.248. The Morgan fingerprint density at radius 1 is 1.56 bits per heavy atom. The lowest BCUT2D eigenvalue weighted by atomic mass is 9.95. The summed E-state index contributed by atoms with van der Waals surface area (Å²) < 4.78 is 5.24. The van der Waals surface area contributed by atoms with Crippen LogP contribution in [0, 0.1) is 0 Å². The monoisotopic (exact) mass is 269 g/mol. The normalized spacial score (nSPS) is 24.1. The van der Waals surface area contributed by atoms with Crippen LogP contribution in [0.3, 0.4) is 0 Å². The quantitative estimate of drug-likeness (QED) is 0.860. The van der Waals surface area contributed by atoms with E-state index in [1.54, 1.807) is 6.07 Å². The van der Waals surface area contributed by atoms with Crippen LogP contribution < -0.4 is 5.32 Å². The Bertz CT molecular complexity index is 405. The lowest BCUT2D eigenvalue weighted by molar-refractivity contribution is 0.0696. The molecule has 0 aliphatic heterocycles. The molecule has 100 valence electrons. The summed E-state index contributed by atoms with van der Waals surface area (Å²) in [4.78, 5) is 10.7. The fourth-order valence-corrected chi connectivity index (χ4v) is 3.39. The molecule has 0 bridgehead atoms. The number of carboxylic acids is 1. The number of carboxylic acid groups (broad SMARTS) is 1. The van der Waals surface area contributed by atoms with Crippen LogP contribution in [0.1, 0.15) is 41.8 Å². The second-order valence-corrected chi connectivity index (χ2v) is 5.73. The van der Waals surface area contributed by atoms with Crippen LogP contribution in [0.25, 0.3) is 0 Å². The van der Waals surface area contributed by atoms with Gasteiger partial charge in [-0.3, -0.25) is 0 Å². The average molecular weight is 269 g/mol. The molecule has 0 saturated heterocycles. The van der Waals surface area contributed by atoms with Crippen molar-refractivity contribution >= 4 is 17.7 Å². The molecule has 0 radical (unpaired) electrons. The molecular formula is C13H19NO3S. The van der Waals surface area contributed by atoms with Gasteiger partial charge >= 0.3 is 5.97 Å². The molecule has 1 aromatic heterocycles. The lowest BCUT2D eigenvalue weighted by Crippen LogP contribution is -2.39. The van der Waals surface area contributed by atoms with Crippen LogP contribution in [0.15, 0.2) is 16.7 Å². The molecule has 0 amide bonds. The van der Waals surface area contributed by atoms with E-state index in [9.17, 15) is 4.79 Å². The summed E-state index contributed by atoms with van der Waals surface area (Å²) >= 11 is 1.91. The number of furan rings is 1. The second-order valence-electron chi connectivity index (χ2n) is 4.65. The molecule has 2 N–H and O–H groups in total. The van der Waals surface area contributed by atoms with Gasteiger partial charge in [-0.05, 0) is 25.2 Å². The van der Waals surface area contributed by atoms with E-state index in [4.69, 9.17) is 9.52 Å².